The second-order valence-corrected chi connectivity index (χ2v) is 22.1. The zero-order valence-electron chi connectivity index (χ0n) is 43.2. The number of ether oxygens (including phenoxy) is 2. The summed E-state index contributed by atoms with van der Waals surface area (Å²) in [4.78, 5) is 72.6. The molecule has 388 valence electrons. The fraction of sp³-hybridized carbons (Fsp3) is 0.414. The van der Waals surface area contributed by atoms with Crippen LogP contribution in [0.3, 0.4) is 0 Å². The summed E-state index contributed by atoms with van der Waals surface area (Å²) in [5.74, 6) is 3.31. The number of amides is 4. The number of carbonyl (C=O) groups excluding carboxylic acids is 4. The van der Waals surface area contributed by atoms with Gasteiger partial charge in [-0.05, 0) is 143 Å². The van der Waals surface area contributed by atoms with E-state index in [0.29, 0.717) is 25.9 Å². The van der Waals surface area contributed by atoms with Crippen molar-refractivity contribution in [3.8, 4) is 44.8 Å². The standard InChI is InChI=1S/C58H68N8O6S2/c1-35-27-51(65(33-35)55(67)47(23-25-73-5)63-57(69)71-3)53-59-31-49(61-53)43-19-15-41(16-20-43)45-29-37-7-11-39(45)13-9-38-8-12-40(14-10-37)46(30-38)42-17-21-44(22-18-42)50-32-60-54(62-50)52-28-36(2)34-66(52)56(68)48(24-26-74-6)64-58(70)72-4/h7-8,11-12,15-22,29-32,35-36,47-48,51-52H,9-10,13-14,23-28,33-34H2,1-6H3,(H,59,61)(H,60,62)(H,63,69)(H,64,70). The molecule has 0 radical (unpaired) electrons. The molecular formula is C58H68N8O6S2. The van der Waals surface area contributed by atoms with Gasteiger partial charge < -0.3 is 39.9 Å². The summed E-state index contributed by atoms with van der Waals surface area (Å²) in [6, 6.07) is 29.6. The Bertz CT molecular complexity index is 2740. The van der Waals surface area contributed by atoms with Crippen molar-refractivity contribution in [2.45, 2.75) is 89.4 Å². The summed E-state index contributed by atoms with van der Waals surface area (Å²) in [6.07, 6.45) is 12.7. The van der Waals surface area contributed by atoms with Crippen LogP contribution >= 0.6 is 23.5 Å². The molecule has 74 heavy (non-hydrogen) atoms. The van der Waals surface area contributed by atoms with Gasteiger partial charge in [0.05, 0.1) is 50.1 Å². The fourth-order valence-corrected chi connectivity index (χ4v) is 11.9. The Balaban J connectivity index is 0.874. The molecule has 4 aliphatic carbocycles. The van der Waals surface area contributed by atoms with Crippen LogP contribution in [0, 0.1) is 11.8 Å². The summed E-state index contributed by atoms with van der Waals surface area (Å²) in [7, 11) is 2.63. The number of nitrogens with zero attached hydrogens (tertiary/aromatic N) is 4. The van der Waals surface area contributed by atoms with Crippen molar-refractivity contribution in [2.24, 2.45) is 11.8 Å². The first-order chi connectivity index (χ1) is 35.9. The highest BCUT2D eigenvalue weighted by atomic mass is 32.2. The van der Waals surface area contributed by atoms with Crippen molar-refractivity contribution in [3.05, 3.63) is 131 Å². The lowest BCUT2D eigenvalue weighted by molar-refractivity contribution is -0.135. The van der Waals surface area contributed by atoms with E-state index in [1.165, 1.54) is 58.7 Å². The van der Waals surface area contributed by atoms with Gasteiger partial charge in [0.1, 0.15) is 23.7 Å². The van der Waals surface area contributed by atoms with Gasteiger partial charge in [0.15, 0.2) is 0 Å². The fourth-order valence-electron chi connectivity index (χ4n) is 10.9. The largest absolute Gasteiger partial charge is 0.453 e. The molecule has 6 aromatic rings. The number of aromatic nitrogens is 4. The molecule has 12 rings (SSSR count). The van der Waals surface area contributed by atoms with Crippen LogP contribution in [0.1, 0.15) is 85.5 Å². The number of nitrogens with one attached hydrogen (secondary N) is 4. The molecule has 4 aromatic carbocycles. The molecule has 2 saturated heterocycles. The molecule has 2 fully saturated rings. The number of alkyl carbamates (subject to hydrolysis) is 2. The third-order valence-corrected chi connectivity index (χ3v) is 16.2. The average Bonchev–Trinajstić information content (AvgIpc) is 4.26. The highest BCUT2D eigenvalue weighted by Gasteiger charge is 2.41. The molecule has 16 heteroatoms. The Hall–Kier alpha value is -6.52. The number of aromatic amines is 2. The van der Waals surface area contributed by atoms with Crippen LogP contribution in [-0.2, 0) is 44.7 Å². The predicted octanol–water partition coefficient (Wildman–Crippen LogP) is 10.5. The van der Waals surface area contributed by atoms with Crippen molar-refractivity contribution < 1.29 is 28.7 Å². The second kappa shape index (κ2) is 23.8. The number of aryl methyl sites for hydroxylation is 4. The Morgan fingerprint density at radius 2 is 0.986 bits per heavy atom. The zero-order chi connectivity index (χ0) is 51.9. The molecular weight excluding hydrogens is 969 g/mol. The van der Waals surface area contributed by atoms with Crippen molar-refractivity contribution >= 4 is 47.5 Å². The van der Waals surface area contributed by atoms with Gasteiger partial charge in [0.25, 0.3) is 0 Å². The van der Waals surface area contributed by atoms with Crippen LogP contribution in [0.4, 0.5) is 9.59 Å². The number of hydrogen-bond donors (Lipinski definition) is 4. The number of hydrogen-bond acceptors (Lipinski definition) is 10. The normalized spacial score (nSPS) is 19.2. The average molecular weight is 1040 g/mol. The van der Waals surface area contributed by atoms with Gasteiger partial charge in [0, 0.05) is 13.1 Å². The minimum Gasteiger partial charge on any atom is -0.453 e. The lowest BCUT2D eigenvalue weighted by Crippen LogP contribution is -2.49. The van der Waals surface area contributed by atoms with E-state index in [0.717, 1.165) is 84.2 Å². The number of H-pyrrole nitrogens is 2. The quantitative estimate of drug-likeness (QED) is 0.0730. The maximum atomic E-state index is 13.9. The van der Waals surface area contributed by atoms with Gasteiger partial charge in [-0.1, -0.05) is 98.8 Å². The van der Waals surface area contributed by atoms with Gasteiger partial charge >= 0.3 is 12.2 Å². The maximum Gasteiger partial charge on any atom is 0.407 e. The highest BCUT2D eigenvalue weighted by Crippen LogP contribution is 2.39. The third kappa shape index (κ3) is 11.9. The Morgan fingerprint density at radius 1 is 0.595 bits per heavy atom. The molecule has 2 aliphatic heterocycles. The molecule has 14 nitrogen and oxygen atoms in total. The number of rotatable bonds is 16. The smallest absolute Gasteiger partial charge is 0.407 e. The molecule has 4 heterocycles. The van der Waals surface area contributed by atoms with E-state index in [4.69, 9.17) is 19.4 Å². The summed E-state index contributed by atoms with van der Waals surface area (Å²) >= 11 is 3.27. The van der Waals surface area contributed by atoms with E-state index in [9.17, 15) is 19.2 Å². The van der Waals surface area contributed by atoms with Crippen LogP contribution in [0.25, 0.3) is 44.8 Å². The van der Waals surface area contributed by atoms with Crippen LogP contribution in [0.5, 0.6) is 0 Å². The molecule has 2 aromatic heterocycles. The number of carbonyl (C=O) groups is 4. The van der Waals surface area contributed by atoms with Crippen LogP contribution in [0.2, 0.25) is 0 Å². The molecule has 4 bridgehead atoms. The van der Waals surface area contributed by atoms with E-state index in [2.05, 4.69) is 119 Å². The second-order valence-electron chi connectivity index (χ2n) is 20.1. The van der Waals surface area contributed by atoms with Gasteiger partial charge in [-0.2, -0.15) is 23.5 Å². The number of thioether (sulfide) groups is 2. The van der Waals surface area contributed by atoms with E-state index >= 15 is 0 Å². The predicted molar refractivity (Wildman–Crippen MR) is 295 cm³/mol. The first-order valence-corrected chi connectivity index (χ1v) is 28.5. The summed E-state index contributed by atoms with van der Waals surface area (Å²) < 4.78 is 9.69. The van der Waals surface area contributed by atoms with E-state index in [1.54, 1.807) is 23.5 Å². The highest BCUT2D eigenvalue weighted by molar-refractivity contribution is 7.98. The topological polar surface area (TPSA) is 175 Å². The maximum absolute atomic E-state index is 13.9. The van der Waals surface area contributed by atoms with E-state index < -0.39 is 24.3 Å². The monoisotopic (exact) mass is 1040 g/mol. The van der Waals surface area contributed by atoms with Crippen LogP contribution in [-0.4, -0.2) is 117 Å². The SMILES string of the molecule is COC(=O)NC(CCSC)C(=O)N1CC(C)CC1c1ncc(-c2ccc(-c3cc4ccc3CCc3ccc(c(-c5ccc(-c6cnc(C7CC(C)CN7C(=O)C(CCSC)NC(=O)OC)[nH]6)cc5)c3)CC4)cc2)[nH]1. The van der Waals surface area contributed by atoms with Gasteiger partial charge in [0.2, 0.25) is 11.8 Å². The van der Waals surface area contributed by atoms with Crippen molar-refractivity contribution in [2.75, 3.05) is 51.3 Å². The number of benzene rings is 4. The minimum atomic E-state index is -0.668. The van der Waals surface area contributed by atoms with Gasteiger partial charge in [-0.15, -0.1) is 0 Å². The van der Waals surface area contributed by atoms with Crippen molar-refractivity contribution in [3.63, 3.8) is 0 Å². The molecule has 6 unspecified atom stereocenters. The first-order valence-electron chi connectivity index (χ1n) is 25.8. The third-order valence-electron chi connectivity index (χ3n) is 14.9. The van der Waals surface area contributed by atoms with Crippen LogP contribution in [0.15, 0.2) is 97.3 Å². The number of methoxy groups -OCH3 is 2. The van der Waals surface area contributed by atoms with E-state index in [-0.39, 0.29) is 35.7 Å². The summed E-state index contributed by atoms with van der Waals surface area (Å²) in [6.45, 7) is 5.48. The van der Waals surface area contributed by atoms with Crippen molar-refractivity contribution in [1.82, 2.24) is 40.4 Å². The van der Waals surface area contributed by atoms with Gasteiger partial charge in [-0.25, -0.2) is 19.6 Å². The molecule has 0 saturated carbocycles. The lowest BCUT2D eigenvalue weighted by atomic mass is 9.87. The van der Waals surface area contributed by atoms with E-state index in [1.807, 2.05) is 34.7 Å². The molecule has 4 amide bonds. The minimum absolute atomic E-state index is 0.112. The molecule has 6 aliphatic rings. The van der Waals surface area contributed by atoms with Gasteiger partial charge in [-0.3, -0.25) is 9.59 Å². The lowest BCUT2D eigenvalue weighted by Gasteiger charge is -2.28. The molecule has 6 atom stereocenters. The molecule has 0 spiro atoms. The zero-order valence-corrected chi connectivity index (χ0v) is 44.9. The summed E-state index contributed by atoms with van der Waals surface area (Å²) in [5, 5.41) is 5.53. The summed E-state index contributed by atoms with van der Waals surface area (Å²) in [5.41, 5.74) is 13.9. The van der Waals surface area contributed by atoms with Crippen molar-refractivity contribution in [1.29, 1.82) is 0 Å². The Morgan fingerprint density at radius 3 is 1.36 bits per heavy atom. The Kier molecular flexibility index (Phi) is 16.8. The number of imidazole rings is 2. The molecule has 4 N–H and O–H groups in total. The number of likely N-dealkylation sites (tertiary alicyclic amines) is 2. The first kappa shape index (κ1) is 52.3. The Labute approximate surface area is 443 Å². The van der Waals surface area contributed by atoms with Crippen LogP contribution < -0.4 is 10.6 Å².